The molecule has 0 aliphatic rings. The highest BCUT2D eigenvalue weighted by atomic mass is 19.1. The van der Waals surface area contributed by atoms with E-state index in [2.05, 4.69) is 9.82 Å². The van der Waals surface area contributed by atoms with Crippen LogP contribution in [0.5, 0.6) is 0 Å². The van der Waals surface area contributed by atoms with Crippen LogP contribution in [-0.2, 0) is 11.4 Å². The fourth-order valence-electron chi connectivity index (χ4n) is 1.77. The molecule has 0 unspecified atom stereocenters. The van der Waals surface area contributed by atoms with E-state index in [-0.39, 0.29) is 23.4 Å². The minimum Gasteiger partial charge on any atom is -0.476 e. The van der Waals surface area contributed by atoms with Crippen molar-refractivity contribution in [2.45, 2.75) is 6.61 Å². The highest BCUT2D eigenvalue weighted by Crippen LogP contribution is 2.27. The number of carboxylic acids is 1. The highest BCUT2D eigenvalue weighted by molar-refractivity contribution is 5.94. The topological polar surface area (TPSA) is 85.4 Å². The van der Waals surface area contributed by atoms with Crippen LogP contribution in [0, 0.1) is 11.6 Å². The maximum atomic E-state index is 13.8. The lowest BCUT2D eigenvalue weighted by Crippen LogP contribution is -2.07. The standard InChI is InChI=1S/C13H10F2N2O3/c14-8-1-2-9(11(15)4-8)10-3-7(6-20-16)5-17-12(10)13(18)19/h1-5H,6,16H2,(H,18,19). The van der Waals surface area contributed by atoms with Crippen LogP contribution in [0.2, 0.25) is 0 Å². The van der Waals surface area contributed by atoms with E-state index in [1.54, 1.807) is 0 Å². The third-order valence-electron chi connectivity index (χ3n) is 2.62. The fraction of sp³-hybridized carbons (Fsp3) is 0.0769. The largest absolute Gasteiger partial charge is 0.476 e. The van der Waals surface area contributed by atoms with E-state index < -0.39 is 17.6 Å². The Morgan fingerprint density at radius 1 is 1.30 bits per heavy atom. The molecule has 0 aliphatic carbocycles. The van der Waals surface area contributed by atoms with Gasteiger partial charge in [0.25, 0.3) is 0 Å². The number of carboxylic acid groups (broad SMARTS) is 1. The molecule has 104 valence electrons. The Labute approximate surface area is 112 Å². The summed E-state index contributed by atoms with van der Waals surface area (Å²) < 4.78 is 26.7. The highest BCUT2D eigenvalue weighted by Gasteiger charge is 2.17. The van der Waals surface area contributed by atoms with E-state index >= 15 is 0 Å². The molecule has 1 aromatic carbocycles. The van der Waals surface area contributed by atoms with Gasteiger partial charge in [-0.15, -0.1) is 0 Å². The van der Waals surface area contributed by atoms with Crippen LogP contribution in [-0.4, -0.2) is 16.1 Å². The number of aromatic carboxylic acids is 1. The summed E-state index contributed by atoms with van der Waals surface area (Å²) in [6.45, 7) is -0.0112. The van der Waals surface area contributed by atoms with Crippen molar-refractivity contribution in [2.24, 2.45) is 5.90 Å². The van der Waals surface area contributed by atoms with Crippen LogP contribution in [0.15, 0.2) is 30.5 Å². The molecule has 20 heavy (non-hydrogen) atoms. The zero-order valence-corrected chi connectivity index (χ0v) is 10.1. The number of rotatable bonds is 4. The molecule has 0 fully saturated rings. The molecule has 7 heteroatoms. The summed E-state index contributed by atoms with van der Waals surface area (Å²) in [7, 11) is 0. The molecule has 3 N–H and O–H groups in total. The second kappa shape index (κ2) is 5.72. The van der Waals surface area contributed by atoms with Crippen LogP contribution in [0.1, 0.15) is 16.1 Å². The molecular weight excluding hydrogens is 270 g/mol. The third-order valence-corrected chi connectivity index (χ3v) is 2.62. The molecule has 2 rings (SSSR count). The van der Waals surface area contributed by atoms with Crippen molar-refractivity contribution in [1.82, 2.24) is 4.98 Å². The normalized spacial score (nSPS) is 10.6. The number of pyridine rings is 1. The molecule has 0 amide bonds. The van der Waals surface area contributed by atoms with Crippen LogP contribution < -0.4 is 5.90 Å². The third kappa shape index (κ3) is 2.79. The quantitative estimate of drug-likeness (QED) is 0.838. The monoisotopic (exact) mass is 280 g/mol. The van der Waals surface area contributed by atoms with Crippen molar-refractivity contribution in [3.63, 3.8) is 0 Å². The summed E-state index contributed by atoms with van der Waals surface area (Å²) in [5, 5.41) is 9.08. The van der Waals surface area contributed by atoms with Gasteiger partial charge in [-0.1, -0.05) is 0 Å². The molecule has 0 saturated heterocycles. The van der Waals surface area contributed by atoms with Gasteiger partial charge in [0.15, 0.2) is 5.69 Å². The van der Waals surface area contributed by atoms with Gasteiger partial charge in [-0.05, 0) is 23.8 Å². The number of hydrogen-bond donors (Lipinski definition) is 2. The SMILES string of the molecule is NOCc1cnc(C(=O)O)c(-c2ccc(F)cc2F)c1. The molecule has 5 nitrogen and oxygen atoms in total. The smallest absolute Gasteiger partial charge is 0.355 e. The Morgan fingerprint density at radius 3 is 2.65 bits per heavy atom. The van der Waals surface area contributed by atoms with Crippen LogP contribution >= 0.6 is 0 Å². The Kier molecular flexibility index (Phi) is 4.02. The molecule has 0 spiro atoms. The van der Waals surface area contributed by atoms with Crippen LogP contribution in [0.4, 0.5) is 8.78 Å². The summed E-state index contributed by atoms with van der Waals surface area (Å²) in [6, 6.07) is 4.25. The van der Waals surface area contributed by atoms with Crippen molar-refractivity contribution >= 4 is 5.97 Å². The summed E-state index contributed by atoms with van der Waals surface area (Å²) in [6.07, 6.45) is 1.27. The summed E-state index contributed by atoms with van der Waals surface area (Å²) in [4.78, 5) is 19.3. The number of halogens is 2. The zero-order chi connectivity index (χ0) is 14.7. The predicted octanol–water partition coefficient (Wildman–Crippen LogP) is 2.12. The lowest BCUT2D eigenvalue weighted by atomic mass is 10.0. The van der Waals surface area contributed by atoms with Gasteiger partial charge in [-0.3, -0.25) is 4.84 Å². The summed E-state index contributed by atoms with van der Waals surface area (Å²) in [5.41, 5.74) is 0.104. The van der Waals surface area contributed by atoms with Gasteiger partial charge in [0.2, 0.25) is 0 Å². The van der Waals surface area contributed by atoms with Gasteiger partial charge >= 0.3 is 5.97 Å². The Hall–Kier alpha value is -2.38. The van der Waals surface area contributed by atoms with Crippen molar-refractivity contribution in [3.05, 3.63) is 53.4 Å². The molecule has 1 heterocycles. The van der Waals surface area contributed by atoms with Gasteiger partial charge in [-0.2, -0.15) is 0 Å². The van der Waals surface area contributed by atoms with E-state index in [4.69, 9.17) is 11.0 Å². The number of hydrogen-bond acceptors (Lipinski definition) is 4. The molecule has 0 aliphatic heterocycles. The summed E-state index contributed by atoms with van der Waals surface area (Å²) in [5.74, 6) is 1.99. The van der Waals surface area contributed by atoms with Gasteiger partial charge < -0.3 is 5.11 Å². The Morgan fingerprint density at radius 2 is 2.05 bits per heavy atom. The van der Waals surface area contributed by atoms with Gasteiger partial charge in [0.1, 0.15) is 11.6 Å². The van der Waals surface area contributed by atoms with Crippen LogP contribution in [0.3, 0.4) is 0 Å². The number of nitrogens with zero attached hydrogens (tertiary/aromatic N) is 1. The van der Waals surface area contributed by atoms with Crippen molar-refractivity contribution < 1.29 is 23.5 Å². The van der Waals surface area contributed by atoms with Gasteiger partial charge in [0, 0.05) is 23.4 Å². The minimum atomic E-state index is -1.32. The number of carbonyl (C=O) groups is 1. The average molecular weight is 280 g/mol. The lowest BCUT2D eigenvalue weighted by Gasteiger charge is -2.09. The zero-order valence-electron chi connectivity index (χ0n) is 10.1. The van der Waals surface area contributed by atoms with Gasteiger partial charge in [-0.25, -0.2) is 24.5 Å². The molecule has 0 atom stereocenters. The molecule has 1 aromatic heterocycles. The van der Waals surface area contributed by atoms with E-state index in [9.17, 15) is 13.6 Å². The van der Waals surface area contributed by atoms with E-state index in [1.807, 2.05) is 0 Å². The second-order valence-corrected chi connectivity index (χ2v) is 3.98. The lowest BCUT2D eigenvalue weighted by molar-refractivity contribution is 0.0691. The minimum absolute atomic E-state index is 0.0112. The van der Waals surface area contributed by atoms with Crippen LogP contribution in [0.25, 0.3) is 11.1 Å². The number of nitrogens with two attached hydrogens (primary N) is 1. The first kappa shape index (κ1) is 14.0. The second-order valence-electron chi connectivity index (χ2n) is 3.98. The first-order valence-corrected chi connectivity index (χ1v) is 5.52. The Balaban J connectivity index is 2.62. The maximum absolute atomic E-state index is 13.8. The molecule has 0 bridgehead atoms. The van der Waals surface area contributed by atoms with E-state index in [1.165, 1.54) is 12.3 Å². The number of aromatic nitrogens is 1. The first-order valence-electron chi connectivity index (χ1n) is 5.52. The summed E-state index contributed by atoms with van der Waals surface area (Å²) >= 11 is 0. The first-order chi connectivity index (χ1) is 9.52. The fourth-order valence-corrected chi connectivity index (χ4v) is 1.77. The molecule has 0 saturated carbocycles. The van der Waals surface area contributed by atoms with Gasteiger partial charge in [0.05, 0.1) is 6.61 Å². The molecule has 2 aromatic rings. The van der Waals surface area contributed by atoms with Crippen molar-refractivity contribution in [2.75, 3.05) is 0 Å². The average Bonchev–Trinajstić information content (AvgIpc) is 2.38. The van der Waals surface area contributed by atoms with E-state index in [0.29, 0.717) is 11.6 Å². The Bertz CT molecular complexity index is 662. The maximum Gasteiger partial charge on any atom is 0.355 e. The predicted molar refractivity (Wildman–Crippen MR) is 65.5 cm³/mol. The van der Waals surface area contributed by atoms with Crippen molar-refractivity contribution in [3.8, 4) is 11.1 Å². The molecular formula is C13H10F2N2O3. The number of benzene rings is 1. The van der Waals surface area contributed by atoms with E-state index in [0.717, 1.165) is 12.1 Å². The molecule has 0 radical (unpaired) electrons. The van der Waals surface area contributed by atoms with Crippen molar-refractivity contribution in [1.29, 1.82) is 0 Å².